The number of fused-ring (bicyclic) bond motifs is 1. The Labute approximate surface area is 113 Å². The topological polar surface area (TPSA) is 110 Å². The Morgan fingerprint density at radius 3 is 2.84 bits per heavy atom. The van der Waals surface area contributed by atoms with Crippen LogP contribution < -0.4 is 16.4 Å². The number of hydrogen-bond acceptors (Lipinski definition) is 6. The summed E-state index contributed by atoms with van der Waals surface area (Å²) in [6.45, 7) is 1.60. The highest BCUT2D eigenvalue weighted by molar-refractivity contribution is 7.21. The molecule has 19 heavy (non-hydrogen) atoms. The smallest absolute Gasteiger partial charge is 0.264 e. The number of aromatic nitrogens is 2. The van der Waals surface area contributed by atoms with Crippen molar-refractivity contribution in [2.24, 2.45) is 0 Å². The van der Waals surface area contributed by atoms with Gasteiger partial charge in [-0.3, -0.25) is 9.59 Å². The fraction of sp³-hybridized carbons (Fsp3) is 0.273. The monoisotopic (exact) mass is 279 g/mol. The Kier molecular flexibility index (Phi) is 3.61. The molecule has 0 saturated heterocycles. The minimum Gasteiger partial charge on any atom is -0.397 e. The average Bonchev–Trinajstić information content (AvgIpc) is 2.75. The SMILES string of the molecule is CNC(=O)C(C)NC(=O)c1sc2nnccc2c1N. The van der Waals surface area contributed by atoms with Crippen LogP contribution in [0.4, 0.5) is 5.69 Å². The number of carbonyl (C=O) groups excluding carboxylic acids is 2. The molecule has 0 aromatic carbocycles. The van der Waals surface area contributed by atoms with Crippen molar-refractivity contribution in [3.05, 3.63) is 17.1 Å². The Hall–Kier alpha value is -2.22. The van der Waals surface area contributed by atoms with Gasteiger partial charge in [0, 0.05) is 12.4 Å². The number of nitrogen functional groups attached to an aromatic ring is 1. The van der Waals surface area contributed by atoms with Gasteiger partial charge in [0.25, 0.3) is 5.91 Å². The second-order valence-corrected chi connectivity index (χ2v) is 4.90. The van der Waals surface area contributed by atoms with E-state index in [4.69, 9.17) is 5.73 Å². The molecule has 2 aromatic rings. The van der Waals surface area contributed by atoms with E-state index in [-0.39, 0.29) is 5.91 Å². The number of rotatable bonds is 3. The van der Waals surface area contributed by atoms with E-state index < -0.39 is 11.9 Å². The minimum absolute atomic E-state index is 0.271. The molecule has 0 saturated carbocycles. The summed E-state index contributed by atoms with van der Waals surface area (Å²) >= 11 is 1.15. The summed E-state index contributed by atoms with van der Waals surface area (Å²) in [6, 6.07) is 1.07. The van der Waals surface area contributed by atoms with Crippen LogP contribution in [0.25, 0.3) is 10.2 Å². The summed E-state index contributed by atoms with van der Waals surface area (Å²) in [5, 5.41) is 13.4. The molecule has 0 fully saturated rings. The van der Waals surface area contributed by atoms with Crippen LogP contribution in [-0.2, 0) is 4.79 Å². The van der Waals surface area contributed by atoms with Crippen LogP contribution in [0.1, 0.15) is 16.6 Å². The molecule has 1 atom stereocenters. The third-order valence-electron chi connectivity index (χ3n) is 2.61. The molecule has 0 aliphatic heterocycles. The number of thiophene rings is 1. The highest BCUT2D eigenvalue weighted by atomic mass is 32.1. The molecule has 0 aliphatic carbocycles. The zero-order chi connectivity index (χ0) is 14.0. The molecule has 8 heteroatoms. The van der Waals surface area contributed by atoms with Crippen LogP contribution >= 0.6 is 11.3 Å². The van der Waals surface area contributed by atoms with Gasteiger partial charge < -0.3 is 16.4 Å². The molecule has 100 valence electrons. The maximum atomic E-state index is 12.1. The molecule has 0 bridgehead atoms. The van der Waals surface area contributed by atoms with Crippen molar-refractivity contribution < 1.29 is 9.59 Å². The Balaban J connectivity index is 2.27. The van der Waals surface area contributed by atoms with Crippen LogP contribution in [0.5, 0.6) is 0 Å². The lowest BCUT2D eigenvalue weighted by Gasteiger charge is -2.11. The number of nitrogens with zero attached hydrogens (tertiary/aromatic N) is 2. The molecule has 1 unspecified atom stereocenters. The summed E-state index contributed by atoms with van der Waals surface area (Å²) in [5.41, 5.74) is 6.26. The third-order valence-corrected chi connectivity index (χ3v) is 3.72. The molecule has 2 amide bonds. The van der Waals surface area contributed by atoms with Gasteiger partial charge in [0.15, 0.2) is 0 Å². The lowest BCUT2D eigenvalue weighted by Crippen LogP contribution is -2.43. The minimum atomic E-state index is -0.631. The van der Waals surface area contributed by atoms with Crippen molar-refractivity contribution in [1.29, 1.82) is 0 Å². The highest BCUT2D eigenvalue weighted by Crippen LogP contribution is 2.31. The number of nitrogens with two attached hydrogens (primary N) is 1. The van der Waals surface area contributed by atoms with Crippen LogP contribution in [0.3, 0.4) is 0 Å². The van der Waals surface area contributed by atoms with Crippen LogP contribution in [0.2, 0.25) is 0 Å². The van der Waals surface area contributed by atoms with Gasteiger partial charge in [-0.25, -0.2) is 0 Å². The third kappa shape index (κ3) is 2.48. The first-order valence-electron chi connectivity index (χ1n) is 5.56. The predicted molar refractivity (Wildman–Crippen MR) is 72.8 cm³/mol. The van der Waals surface area contributed by atoms with E-state index >= 15 is 0 Å². The highest BCUT2D eigenvalue weighted by Gasteiger charge is 2.20. The van der Waals surface area contributed by atoms with Crippen molar-refractivity contribution >= 4 is 39.1 Å². The lowest BCUT2D eigenvalue weighted by molar-refractivity contribution is -0.122. The van der Waals surface area contributed by atoms with Gasteiger partial charge in [-0.1, -0.05) is 0 Å². The zero-order valence-electron chi connectivity index (χ0n) is 10.4. The van der Waals surface area contributed by atoms with E-state index in [1.807, 2.05) is 0 Å². The number of carbonyl (C=O) groups is 2. The Bertz CT molecular complexity index is 639. The first-order chi connectivity index (χ1) is 9.04. The van der Waals surface area contributed by atoms with E-state index in [9.17, 15) is 9.59 Å². The van der Waals surface area contributed by atoms with Crippen molar-refractivity contribution in [2.45, 2.75) is 13.0 Å². The normalized spacial score (nSPS) is 12.1. The lowest BCUT2D eigenvalue weighted by atomic mass is 10.2. The summed E-state index contributed by atoms with van der Waals surface area (Å²) in [7, 11) is 1.51. The molecule has 2 aromatic heterocycles. The fourth-order valence-corrected chi connectivity index (χ4v) is 2.53. The Morgan fingerprint density at radius 1 is 1.47 bits per heavy atom. The molecule has 4 N–H and O–H groups in total. The number of nitrogens with one attached hydrogen (secondary N) is 2. The van der Waals surface area contributed by atoms with Gasteiger partial charge in [-0.2, -0.15) is 5.10 Å². The second-order valence-electron chi connectivity index (χ2n) is 3.90. The van der Waals surface area contributed by atoms with E-state index in [2.05, 4.69) is 20.8 Å². The summed E-state index contributed by atoms with van der Waals surface area (Å²) < 4.78 is 0. The van der Waals surface area contributed by atoms with Crippen molar-refractivity contribution in [1.82, 2.24) is 20.8 Å². The maximum Gasteiger partial charge on any atom is 0.264 e. The van der Waals surface area contributed by atoms with E-state index in [0.29, 0.717) is 20.8 Å². The van der Waals surface area contributed by atoms with Crippen molar-refractivity contribution in [2.75, 3.05) is 12.8 Å². The molecular formula is C11H13N5O2S. The van der Waals surface area contributed by atoms with E-state index in [1.165, 1.54) is 13.2 Å². The van der Waals surface area contributed by atoms with Crippen LogP contribution in [0, 0.1) is 0 Å². The van der Waals surface area contributed by atoms with Crippen LogP contribution in [-0.4, -0.2) is 35.1 Å². The zero-order valence-corrected chi connectivity index (χ0v) is 11.2. The van der Waals surface area contributed by atoms with Gasteiger partial charge in [0.05, 0.1) is 11.9 Å². The van der Waals surface area contributed by atoms with E-state index in [0.717, 1.165) is 11.3 Å². The van der Waals surface area contributed by atoms with E-state index in [1.54, 1.807) is 13.0 Å². The number of hydrogen-bond donors (Lipinski definition) is 3. The van der Waals surface area contributed by atoms with Gasteiger partial charge in [0.1, 0.15) is 15.7 Å². The summed E-state index contributed by atoms with van der Waals surface area (Å²) in [5.74, 6) is -0.663. The predicted octanol–water partition coefficient (Wildman–Crippen LogP) is 0.138. The fourth-order valence-electron chi connectivity index (χ4n) is 1.59. The molecular weight excluding hydrogens is 266 g/mol. The number of amides is 2. The molecule has 0 aliphatic rings. The largest absolute Gasteiger partial charge is 0.397 e. The molecule has 2 rings (SSSR count). The van der Waals surface area contributed by atoms with Crippen LogP contribution in [0.15, 0.2) is 12.3 Å². The standard InChI is InChI=1S/C11H13N5O2S/c1-5(9(17)13-2)15-10(18)8-7(12)6-3-4-14-16-11(6)19-8/h3-5H,12H2,1-2H3,(H,13,17)(H,15,18). The average molecular weight is 279 g/mol. The Morgan fingerprint density at radius 2 is 2.21 bits per heavy atom. The van der Waals surface area contributed by atoms with Gasteiger partial charge >= 0.3 is 0 Å². The van der Waals surface area contributed by atoms with Gasteiger partial charge in [-0.05, 0) is 13.0 Å². The van der Waals surface area contributed by atoms with Crippen molar-refractivity contribution in [3.63, 3.8) is 0 Å². The first-order valence-corrected chi connectivity index (χ1v) is 6.38. The molecule has 0 radical (unpaired) electrons. The number of likely N-dealkylation sites (N-methyl/N-ethyl adjacent to an activating group) is 1. The molecule has 0 spiro atoms. The molecule has 7 nitrogen and oxygen atoms in total. The maximum absolute atomic E-state index is 12.1. The number of anilines is 1. The molecule has 2 heterocycles. The second kappa shape index (κ2) is 5.19. The summed E-state index contributed by atoms with van der Waals surface area (Å²) in [4.78, 5) is 24.4. The first kappa shape index (κ1) is 13.2. The quantitative estimate of drug-likeness (QED) is 0.740. The summed E-state index contributed by atoms with van der Waals surface area (Å²) in [6.07, 6.45) is 1.51. The van der Waals surface area contributed by atoms with Gasteiger partial charge in [0.2, 0.25) is 5.91 Å². The van der Waals surface area contributed by atoms with Gasteiger partial charge in [-0.15, -0.1) is 16.4 Å². The van der Waals surface area contributed by atoms with Crippen molar-refractivity contribution in [3.8, 4) is 0 Å².